The van der Waals surface area contributed by atoms with E-state index in [4.69, 9.17) is 4.74 Å². The minimum absolute atomic E-state index is 0.264. The molecule has 0 aliphatic rings. The van der Waals surface area contributed by atoms with Crippen LogP contribution < -0.4 is 10.9 Å². The third-order valence-corrected chi connectivity index (χ3v) is 1.80. The van der Waals surface area contributed by atoms with E-state index < -0.39 is 0 Å². The van der Waals surface area contributed by atoms with Crippen LogP contribution in [0.25, 0.3) is 0 Å². The molecule has 1 rings (SSSR count). The lowest BCUT2D eigenvalue weighted by atomic mass is 9.83. The van der Waals surface area contributed by atoms with Crippen LogP contribution in [-0.2, 0) is 4.74 Å². The van der Waals surface area contributed by atoms with E-state index in [0.717, 1.165) is 10.9 Å². The second-order valence-corrected chi connectivity index (χ2v) is 2.87. The van der Waals surface area contributed by atoms with Gasteiger partial charge < -0.3 is 4.74 Å². The average molecular weight is 175 g/mol. The van der Waals surface area contributed by atoms with Gasteiger partial charge in [-0.2, -0.15) is 0 Å². The van der Waals surface area contributed by atoms with Crippen LogP contribution in [0.5, 0.6) is 0 Å². The smallest absolute Gasteiger partial charge is 0.337 e. The Morgan fingerprint density at radius 1 is 1.46 bits per heavy atom. The molecule has 3 nitrogen and oxygen atoms in total. The average Bonchev–Trinajstić information content (AvgIpc) is 2.04. The zero-order valence-electron chi connectivity index (χ0n) is 8.13. The van der Waals surface area contributed by atoms with E-state index in [1.54, 1.807) is 19.3 Å². The first-order valence-corrected chi connectivity index (χ1v) is 4.25. The number of carbonyl (C=O) groups excluding carboxylic acids is 1. The van der Waals surface area contributed by atoms with Crippen LogP contribution >= 0.6 is 0 Å². The third kappa shape index (κ3) is 2.11. The number of ether oxygens (including phenoxy) is 1. The molecular formula is C8H11B2NO2. The zero-order valence-corrected chi connectivity index (χ0v) is 8.13. The summed E-state index contributed by atoms with van der Waals surface area (Å²) in [5.41, 5.74) is 2.36. The van der Waals surface area contributed by atoms with Crippen LogP contribution in [0.3, 0.4) is 0 Å². The third-order valence-electron chi connectivity index (χ3n) is 1.80. The lowest BCUT2D eigenvalue weighted by Gasteiger charge is -2.07. The first kappa shape index (κ1) is 9.83. The maximum absolute atomic E-state index is 11.4. The SMILES string of the molecule is Bc1cncc(B)c1C(=O)OCC. The van der Waals surface area contributed by atoms with Gasteiger partial charge in [0.15, 0.2) is 0 Å². The van der Waals surface area contributed by atoms with Crippen LogP contribution in [0.2, 0.25) is 0 Å². The van der Waals surface area contributed by atoms with Gasteiger partial charge in [0.2, 0.25) is 0 Å². The predicted octanol–water partition coefficient (Wildman–Crippen LogP) is -2.22. The molecule has 0 atom stereocenters. The second-order valence-electron chi connectivity index (χ2n) is 2.87. The largest absolute Gasteiger partial charge is 0.462 e. The molecule has 1 aromatic heterocycles. The van der Waals surface area contributed by atoms with E-state index in [0.29, 0.717) is 12.2 Å². The summed E-state index contributed by atoms with van der Waals surface area (Å²) in [6.07, 6.45) is 3.33. The normalized spacial score (nSPS) is 9.62. The van der Waals surface area contributed by atoms with Crippen LogP contribution in [0.15, 0.2) is 12.4 Å². The molecule has 0 aromatic carbocycles. The molecule has 0 aliphatic carbocycles. The molecule has 0 N–H and O–H groups in total. The van der Waals surface area contributed by atoms with Crippen molar-refractivity contribution in [2.45, 2.75) is 6.92 Å². The van der Waals surface area contributed by atoms with Gasteiger partial charge in [-0.1, -0.05) is 10.9 Å². The van der Waals surface area contributed by atoms with Gasteiger partial charge >= 0.3 is 5.97 Å². The number of aromatic nitrogens is 1. The quantitative estimate of drug-likeness (QED) is 0.377. The molecule has 5 heteroatoms. The monoisotopic (exact) mass is 175 g/mol. The summed E-state index contributed by atoms with van der Waals surface area (Å²) < 4.78 is 4.92. The lowest BCUT2D eigenvalue weighted by Crippen LogP contribution is -2.29. The predicted molar refractivity (Wildman–Crippen MR) is 56.5 cm³/mol. The van der Waals surface area contributed by atoms with E-state index in [1.807, 2.05) is 15.7 Å². The van der Waals surface area contributed by atoms with Crippen LogP contribution in [-0.4, -0.2) is 33.3 Å². The Morgan fingerprint density at radius 3 is 2.46 bits per heavy atom. The maximum atomic E-state index is 11.4. The van der Waals surface area contributed by atoms with Crippen molar-refractivity contribution >= 4 is 32.6 Å². The molecule has 0 radical (unpaired) electrons. The van der Waals surface area contributed by atoms with Crippen LogP contribution in [0.1, 0.15) is 17.3 Å². The first-order valence-electron chi connectivity index (χ1n) is 4.25. The van der Waals surface area contributed by atoms with Crippen molar-refractivity contribution in [3.05, 3.63) is 18.0 Å². The van der Waals surface area contributed by atoms with Crippen molar-refractivity contribution < 1.29 is 9.53 Å². The molecule has 0 fully saturated rings. The number of pyridine rings is 1. The summed E-state index contributed by atoms with van der Waals surface area (Å²) in [6, 6.07) is 0. The van der Waals surface area contributed by atoms with Crippen molar-refractivity contribution in [2.24, 2.45) is 0 Å². The summed E-state index contributed by atoms with van der Waals surface area (Å²) in [6.45, 7) is 2.20. The van der Waals surface area contributed by atoms with Crippen molar-refractivity contribution in [1.29, 1.82) is 0 Å². The number of rotatable bonds is 2. The van der Waals surface area contributed by atoms with Crippen LogP contribution in [0.4, 0.5) is 0 Å². The van der Waals surface area contributed by atoms with E-state index in [9.17, 15) is 4.79 Å². The number of carbonyl (C=O) groups is 1. The first-order chi connectivity index (χ1) is 6.16. The lowest BCUT2D eigenvalue weighted by molar-refractivity contribution is 0.0529. The summed E-state index contributed by atoms with van der Waals surface area (Å²) in [5, 5.41) is 0. The fourth-order valence-electron chi connectivity index (χ4n) is 1.23. The highest BCUT2D eigenvalue weighted by molar-refractivity contribution is 6.43. The van der Waals surface area contributed by atoms with E-state index in [-0.39, 0.29) is 5.97 Å². The Labute approximate surface area is 79.3 Å². The number of hydrogen-bond acceptors (Lipinski definition) is 3. The molecular weight excluding hydrogens is 164 g/mol. The number of hydrogen-bond donors (Lipinski definition) is 0. The van der Waals surface area contributed by atoms with Gasteiger partial charge in [-0.05, 0) is 6.92 Å². The standard InChI is InChI=1S/C8H11B2NO2/c1-2-13-8(12)7-5(9)3-11-4-6(7)10/h3-4H,2,9-10H2,1H3. The Bertz CT molecular complexity index is 308. The Hall–Kier alpha value is -1.25. The Balaban J connectivity index is 3.05. The molecule has 0 aliphatic heterocycles. The van der Waals surface area contributed by atoms with E-state index in [1.165, 1.54) is 0 Å². The number of esters is 1. The van der Waals surface area contributed by atoms with Crippen molar-refractivity contribution in [1.82, 2.24) is 4.98 Å². The summed E-state index contributed by atoms with van der Waals surface area (Å²) >= 11 is 0. The molecule has 0 amide bonds. The summed E-state index contributed by atoms with van der Waals surface area (Å²) in [7, 11) is 3.71. The fraction of sp³-hybridized carbons (Fsp3) is 0.250. The molecule has 0 spiro atoms. The van der Waals surface area contributed by atoms with Gasteiger partial charge in [-0.25, -0.2) is 4.79 Å². The minimum atomic E-state index is -0.264. The molecule has 66 valence electrons. The van der Waals surface area contributed by atoms with Gasteiger partial charge in [0.25, 0.3) is 0 Å². The zero-order chi connectivity index (χ0) is 9.84. The Morgan fingerprint density at radius 2 is 2.00 bits per heavy atom. The molecule has 1 aromatic rings. The Kier molecular flexibility index (Phi) is 3.12. The highest BCUT2D eigenvalue weighted by atomic mass is 16.5. The highest BCUT2D eigenvalue weighted by Crippen LogP contribution is 1.92. The molecule has 0 saturated carbocycles. The van der Waals surface area contributed by atoms with E-state index >= 15 is 0 Å². The number of nitrogens with zero attached hydrogens (tertiary/aromatic N) is 1. The molecule has 13 heavy (non-hydrogen) atoms. The van der Waals surface area contributed by atoms with Crippen molar-refractivity contribution in [3.63, 3.8) is 0 Å². The maximum Gasteiger partial charge on any atom is 0.337 e. The van der Waals surface area contributed by atoms with Gasteiger partial charge in [0, 0.05) is 18.0 Å². The van der Waals surface area contributed by atoms with Gasteiger partial charge in [-0.15, -0.1) is 0 Å². The highest BCUT2D eigenvalue weighted by Gasteiger charge is 2.11. The molecule has 0 saturated heterocycles. The van der Waals surface area contributed by atoms with Crippen molar-refractivity contribution in [3.8, 4) is 0 Å². The van der Waals surface area contributed by atoms with Gasteiger partial charge in [0.1, 0.15) is 15.7 Å². The van der Waals surface area contributed by atoms with Crippen LogP contribution in [0, 0.1) is 0 Å². The minimum Gasteiger partial charge on any atom is -0.462 e. The van der Waals surface area contributed by atoms with E-state index in [2.05, 4.69) is 4.98 Å². The fourth-order valence-corrected chi connectivity index (χ4v) is 1.23. The molecule has 0 unspecified atom stereocenters. The van der Waals surface area contributed by atoms with Crippen molar-refractivity contribution in [2.75, 3.05) is 6.61 Å². The molecule has 1 heterocycles. The summed E-state index contributed by atoms with van der Waals surface area (Å²) in [4.78, 5) is 15.4. The topological polar surface area (TPSA) is 39.2 Å². The van der Waals surface area contributed by atoms with Gasteiger partial charge in [-0.3, -0.25) is 4.98 Å². The molecule has 0 bridgehead atoms. The second kappa shape index (κ2) is 4.12. The summed E-state index contributed by atoms with van der Waals surface area (Å²) in [5.74, 6) is -0.264. The van der Waals surface area contributed by atoms with Gasteiger partial charge in [0.05, 0.1) is 6.61 Å².